The van der Waals surface area contributed by atoms with E-state index >= 15 is 0 Å². The van der Waals surface area contributed by atoms with Crippen molar-refractivity contribution in [3.63, 3.8) is 0 Å². The third kappa shape index (κ3) is 2.72. The largest absolute Gasteiger partial charge is 0.312 e. The van der Waals surface area contributed by atoms with Crippen LogP contribution in [0.3, 0.4) is 0 Å². The number of carbonyl (C=O) groups excluding carboxylic acids is 2. The highest BCUT2D eigenvalue weighted by molar-refractivity contribution is 7.13. The molecule has 1 aliphatic carbocycles. The lowest BCUT2D eigenvalue weighted by Gasteiger charge is -2.17. The number of nitrogens with one attached hydrogen (secondary N) is 1. The van der Waals surface area contributed by atoms with Gasteiger partial charge in [0.25, 0.3) is 0 Å². The number of anilines is 2. The van der Waals surface area contributed by atoms with Crippen molar-refractivity contribution in [3.05, 3.63) is 34.8 Å². The van der Waals surface area contributed by atoms with Gasteiger partial charge in [0, 0.05) is 18.7 Å². The fourth-order valence-corrected chi connectivity index (χ4v) is 3.74. The number of amides is 2. The summed E-state index contributed by atoms with van der Waals surface area (Å²) in [6.45, 7) is 0.419. The van der Waals surface area contributed by atoms with E-state index in [9.17, 15) is 9.59 Å². The molecule has 0 saturated carbocycles. The Morgan fingerprint density at radius 1 is 1.30 bits per heavy atom. The molecule has 4 rings (SSSR count). The topological polar surface area (TPSA) is 75.2 Å². The highest BCUT2D eigenvalue weighted by atomic mass is 32.1. The van der Waals surface area contributed by atoms with Gasteiger partial charge in [-0.2, -0.15) is 0 Å². The molecule has 1 N–H and O–H groups in total. The van der Waals surface area contributed by atoms with Crippen molar-refractivity contribution >= 4 is 34.0 Å². The van der Waals surface area contributed by atoms with Crippen molar-refractivity contribution < 1.29 is 9.59 Å². The van der Waals surface area contributed by atoms with Crippen LogP contribution in [0.25, 0.3) is 0 Å². The predicted molar refractivity (Wildman–Crippen MR) is 87.5 cm³/mol. The van der Waals surface area contributed by atoms with Crippen molar-refractivity contribution in [1.29, 1.82) is 0 Å². The number of hydrogen-bond acceptors (Lipinski definition) is 5. The van der Waals surface area contributed by atoms with Crippen LogP contribution in [0.5, 0.6) is 0 Å². The van der Waals surface area contributed by atoms with Gasteiger partial charge in [0.1, 0.15) is 5.51 Å². The second kappa shape index (κ2) is 5.73. The zero-order valence-corrected chi connectivity index (χ0v) is 13.3. The molecule has 118 valence electrons. The lowest BCUT2D eigenvalue weighted by atomic mass is 10.1. The summed E-state index contributed by atoms with van der Waals surface area (Å²) in [4.78, 5) is 26.3. The van der Waals surface area contributed by atoms with Gasteiger partial charge >= 0.3 is 0 Å². The number of fused-ring (bicyclic) bond motifs is 1. The lowest BCUT2D eigenvalue weighted by Crippen LogP contribution is -2.28. The molecule has 2 heterocycles. The van der Waals surface area contributed by atoms with Crippen LogP contribution >= 0.6 is 11.3 Å². The summed E-state index contributed by atoms with van der Waals surface area (Å²) in [7, 11) is 0. The molecular weight excluding hydrogens is 312 g/mol. The van der Waals surface area contributed by atoms with Gasteiger partial charge in [0.2, 0.25) is 16.9 Å². The van der Waals surface area contributed by atoms with Crippen molar-refractivity contribution in [2.45, 2.75) is 25.7 Å². The minimum Gasteiger partial charge on any atom is -0.312 e. The van der Waals surface area contributed by atoms with Gasteiger partial charge in [0.05, 0.1) is 5.92 Å². The molecule has 6 nitrogen and oxygen atoms in total. The maximum Gasteiger partial charge on any atom is 0.231 e. The zero-order valence-electron chi connectivity index (χ0n) is 12.5. The Morgan fingerprint density at radius 2 is 2.17 bits per heavy atom. The van der Waals surface area contributed by atoms with Crippen molar-refractivity contribution in [1.82, 2.24) is 10.2 Å². The average molecular weight is 328 g/mol. The number of carbonyl (C=O) groups is 2. The smallest absolute Gasteiger partial charge is 0.231 e. The standard InChI is InChI=1S/C16H16N4O2S/c21-14-7-12(15(22)18-16-19-17-9-23-16)8-20(14)13-5-4-10-2-1-3-11(10)6-13/h4-6,9,12H,1-3,7-8H2,(H,18,19,22). The van der Waals surface area contributed by atoms with Gasteiger partial charge in [0.15, 0.2) is 0 Å². The van der Waals surface area contributed by atoms with Gasteiger partial charge in [-0.1, -0.05) is 17.4 Å². The second-order valence-electron chi connectivity index (χ2n) is 5.95. The summed E-state index contributed by atoms with van der Waals surface area (Å²) < 4.78 is 0. The molecule has 1 aliphatic heterocycles. The molecule has 2 aliphatic rings. The van der Waals surface area contributed by atoms with Crippen LogP contribution < -0.4 is 10.2 Å². The minimum absolute atomic E-state index is 0.000334. The quantitative estimate of drug-likeness (QED) is 0.935. The average Bonchev–Trinajstić information content (AvgIpc) is 3.26. The maximum absolute atomic E-state index is 12.3. The Balaban J connectivity index is 1.49. The van der Waals surface area contributed by atoms with Crippen LogP contribution in [0.15, 0.2) is 23.7 Å². The molecule has 1 atom stereocenters. The summed E-state index contributed by atoms with van der Waals surface area (Å²) >= 11 is 1.27. The molecule has 0 spiro atoms. The van der Waals surface area contributed by atoms with Crippen molar-refractivity contribution in [3.8, 4) is 0 Å². The highest BCUT2D eigenvalue weighted by Gasteiger charge is 2.35. The summed E-state index contributed by atoms with van der Waals surface area (Å²) in [6.07, 6.45) is 3.62. The Bertz CT molecular complexity index is 759. The fraction of sp³-hybridized carbons (Fsp3) is 0.375. The number of aryl methyl sites for hydroxylation is 2. The molecule has 1 fully saturated rings. The first-order valence-corrected chi connectivity index (χ1v) is 8.58. The molecule has 1 saturated heterocycles. The first-order valence-electron chi connectivity index (χ1n) is 7.70. The van der Waals surface area contributed by atoms with E-state index in [2.05, 4.69) is 27.6 Å². The third-order valence-electron chi connectivity index (χ3n) is 4.48. The molecule has 0 radical (unpaired) electrons. The molecule has 2 aromatic rings. The van der Waals surface area contributed by atoms with Crippen LogP contribution in [0.2, 0.25) is 0 Å². The first kappa shape index (κ1) is 14.3. The van der Waals surface area contributed by atoms with Crippen LogP contribution in [-0.2, 0) is 22.4 Å². The summed E-state index contributed by atoms with van der Waals surface area (Å²) in [5.74, 6) is -0.515. The van der Waals surface area contributed by atoms with E-state index in [0.29, 0.717) is 11.7 Å². The second-order valence-corrected chi connectivity index (χ2v) is 6.78. The van der Waals surface area contributed by atoms with E-state index in [0.717, 1.165) is 18.5 Å². The molecule has 7 heteroatoms. The van der Waals surface area contributed by atoms with Crippen LogP contribution in [-0.4, -0.2) is 28.6 Å². The Labute approximate surface area is 137 Å². The van der Waals surface area contributed by atoms with Crippen LogP contribution in [0.1, 0.15) is 24.0 Å². The SMILES string of the molecule is O=C(Nc1nncs1)C1CC(=O)N(c2ccc3c(c2)CCC3)C1. The number of benzene rings is 1. The molecule has 1 aromatic heterocycles. The van der Waals surface area contributed by atoms with Crippen LogP contribution in [0, 0.1) is 5.92 Å². The van der Waals surface area contributed by atoms with Crippen LogP contribution in [0.4, 0.5) is 10.8 Å². The Hall–Kier alpha value is -2.28. The molecular formula is C16H16N4O2S. The Kier molecular flexibility index (Phi) is 3.57. The van der Waals surface area contributed by atoms with Gasteiger partial charge in [-0.15, -0.1) is 10.2 Å². The zero-order chi connectivity index (χ0) is 15.8. The van der Waals surface area contributed by atoms with E-state index in [1.165, 1.54) is 28.9 Å². The monoisotopic (exact) mass is 328 g/mol. The Morgan fingerprint density at radius 3 is 3.00 bits per heavy atom. The molecule has 1 aromatic carbocycles. The number of nitrogens with zero attached hydrogens (tertiary/aromatic N) is 3. The van der Waals surface area contributed by atoms with E-state index in [1.54, 1.807) is 10.4 Å². The number of hydrogen-bond donors (Lipinski definition) is 1. The van der Waals surface area contributed by atoms with Gasteiger partial charge in [-0.05, 0) is 42.5 Å². The van der Waals surface area contributed by atoms with Crippen molar-refractivity contribution in [2.24, 2.45) is 5.92 Å². The van der Waals surface area contributed by atoms with Gasteiger partial charge < -0.3 is 10.2 Å². The van der Waals surface area contributed by atoms with Gasteiger partial charge in [-0.25, -0.2) is 0 Å². The number of rotatable bonds is 3. The van der Waals surface area contributed by atoms with Gasteiger partial charge in [-0.3, -0.25) is 9.59 Å². The lowest BCUT2D eigenvalue weighted by molar-refractivity contribution is -0.122. The van der Waals surface area contributed by atoms with E-state index in [-0.39, 0.29) is 24.2 Å². The third-order valence-corrected chi connectivity index (χ3v) is 5.09. The normalized spacial score (nSPS) is 19.9. The van der Waals surface area contributed by atoms with E-state index in [4.69, 9.17) is 0 Å². The van der Waals surface area contributed by atoms with E-state index in [1.807, 2.05) is 6.07 Å². The molecule has 2 amide bonds. The first-order chi connectivity index (χ1) is 11.2. The highest BCUT2D eigenvalue weighted by Crippen LogP contribution is 2.31. The minimum atomic E-state index is -0.348. The summed E-state index contributed by atoms with van der Waals surface area (Å²) in [5, 5.41) is 10.7. The summed E-state index contributed by atoms with van der Waals surface area (Å²) in [5.41, 5.74) is 5.18. The predicted octanol–water partition coefficient (Wildman–Crippen LogP) is 2.02. The molecule has 23 heavy (non-hydrogen) atoms. The maximum atomic E-state index is 12.3. The molecule has 1 unspecified atom stereocenters. The molecule has 0 bridgehead atoms. The summed E-state index contributed by atoms with van der Waals surface area (Å²) in [6, 6.07) is 6.21. The fourth-order valence-electron chi connectivity index (χ4n) is 3.29. The van der Waals surface area contributed by atoms with Crippen molar-refractivity contribution in [2.75, 3.05) is 16.8 Å². The number of aromatic nitrogens is 2. The van der Waals surface area contributed by atoms with E-state index < -0.39 is 0 Å².